The van der Waals surface area contributed by atoms with Crippen LogP contribution in [0.25, 0.3) is 0 Å². The van der Waals surface area contributed by atoms with E-state index >= 15 is 0 Å². The first-order valence-electron chi connectivity index (χ1n) is 5.49. The third-order valence-electron chi connectivity index (χ3n) is 2.99. The topological polar surface area (TPSA) is 64.3 Å². The highest BCUT2D eigenvalue weighted by molar-refractivity contribution is 5.12. The van der Waals surface area contributed by atoms with Crippen molar-refractivity contribution < 1.29 is 14.2 Å². The number of hydrogen-bond donors (Lipinski definition) is 1. The minimum atomic E-state index is -1.30. The number of aryl methyl sites for hydroxylation is 2. The molecule has 1 aromatic rings. The van der Waals surface area contributed by atoms with Crippen molar-refractivity contribution in [3.05, 3.63) is 27.9 Å². The van der Waals surface area contributed by atoms with E-state index in [1.54, 1.807) is 20.0 Å². The first-order chi connectivity index (χ1) is 8.02. The van der Waals surface area contributed by atoms with Crippen LogP contribution < -0.4 is 5.69 Å². The average molecular weight is 242 g/mol. The van der Waals surface area contributed by atoms with Crippen LogP contribution in [0.3, 0.4) is 0 Å². The Morgan fingerprint density at radius 3 is 2.94 bits per heavy atom. The van der Waals surface area contributed by atoms with E-state index in [0.717, 1.165) is 10.1 Å². The van der Waals surface area contributed by atoms with Gasteiger partial charge < -0.3 is 9.84 Å². The van der Waals surface area contributed by atoms with Crippen molar-refractivity contribution in [1.82, 2.24) is 9.55 Å². The Labute approximate surface area is 97.9 Å². The molecule has 0 saturated carbocycles. The smallest absolute Gasteiger partial charge is 0.350 e. The third kappa shape index (κ3) is 2.23. The minimum Gasteiger partial charge on any atom is -0.394 e. The molecule has 1 fully saturated rings. The van der Waals surface area contributed by atoms with Crippen LogP contribution in [0.5, 0.6) is 0 Å². The lowest BCUT2D eigenvalue weighted by Crippen LogP contribution is -2.31. The summed E-state index contributed by atoms with van der Waals surface area (Å²) in [6.45, 7) is 3.27. The predicted molar refractivity (Wildman–Crippen MR) is 58.5 cm³/mol. The van der Waals surface area contributed by atoms with Gasteiger partial charge in [-0.2, -0.15) is 4.98 Å². The van der Waals surface area contributed by atoms with Crippen LogP contribution in [0.4, 0.5) is 4.39 Å². The molecule has 1 aliphatic heterocycles. The first-order valence-corrected chi connectivity index (χ1v) is 5.49. The van der Waals surface area contributed by atoms with Crippen molar-refractivity contribution in [3.63, 3.8) is 0 Å². The fourth-order valence-electron chi connectivity index (χ4n) is 1.89. The molecule has 0 aromatic carbocycles. The first kappa shape index (κ1) is 12.2. The molecular formula is C11H15FN2O3. The highest BCUT2D eigenvalue weighted by Crippen LogP contribution is 2.30. The van der Waals surface area contributed by atoms with Gasteiger partial charge in [0.1, 0.15) is 6.17 Å². The van der Waals surface area contributed by atoms with Gasteiger partial charge in [-0.25, -0.2) is 9.18 Å². The summed E-state index contributed by atoms with van der Waals surface area (Å²) in [6, 6.07) is 0. The lowest BCUT2D eigenvalue weighted by atomic mass is 10.2. The molecule has 6 heteroatoms. The fraction of sp³-hybridized carbons (Fsp3) is 0.636. The number of rotatable bonds is 2. The van der Waals surface area contributed by atoms with Crippen molar-refractivity contribution >= 4 is 0 Å². The number of aliphatic hydroxyl groups is 1. The average Bonchev–Trinajstić information content (AvgIpc) is 2.65. The monoisotopic (exact) mass is 242 g/mol. The Morgan fingerprint density at radius 2 is 2.35 bits per heavy atom. The van der Waals surface area contributed by atoms with Gasteiger partial charge >= 0.3 is 5.69 Å². The molecule has 17 heavy (non-hydrogen) atoms. The summed E-state index contributed by atoms with van der Waals surface area (Å²) in [5.74, 6) is 0. The molecule has 5 nitrogen and oxygen atoms in total. The second-order valence-electron chi connectivity index (χ2n) is 4.28. The van der Waals surface area contributed by atoms with Gasteiger partial charge in [0, 0.05) is 18.3 Å². The Balaban J connectivity index is 2.35. The highest BCUT2D eigenvalue weighted by Gasteiger charge is 2.37. The molecule has 0 bridgehead atoms. The highest BCUT2D eigenvalue weighted by atomic mass is 19.1. The van der Waals surface area contributed by atoms with Gasteiger partial charge in [0.15, 0.2) is 6.23 Å². The molecule has 1 saturated heterocycles. The molecule has 0 amide bonds. The van der Waals surface area contributed by atoms with Gasteiger partial charge in [0.05, 0.1) is 12.7 Å². The summed E-state index contributed by atoms with van der Waals surface area (Å²) in [4.78, 5) is 15.5. The van der Waals surface area contributed by atoms with Gasteiger partial charge in [-0.05, 0) is 19.4 Å². The Kier molecular flexibility index (Phi) is 3.26. The summed E-state index contributed by atoms with van der Waals surface area (Å²) in [6.07, 6.45) is -1.19. The van der Waals surface area contributed by atoms with E-state index in [2.05, 4.69) is 4.98 Å². The van der Waals surface area contributed by atoms with Crippen molar-refractivity contribution in [2.45, 2.75) is 38.8 Å². The molecule has 3 atom stereocenters. The minimum absolute atomic E-state index is 0.0977. The van der Waals surface area contributed by atoms with E-state index in [4.69, 9.17) is 9.84 Å². The second kappa shape index (κ2) is 4.54. The number of aliphatic hydroxyl groups excluding tert-OH is 1. The SMILES string of the molecule is Cc1cn([C@H]2OC(CO)CC2F)c(=O)nc1C. The van der Waals surface area contributed by atoms with Crippen LogP contribution >= 0.6 is 0 Å². The van der Waals surface area contributed by atoms with Gasteiger partial charge in [-0.3, -0.25) is 4.57 Å². The maximum Gasteiger partial charge on any atom is 0.350 e. The molecular weight excluding hydrogens is 227 g/mol. The van der Waals surface area contributed by atoms with Crippen LogP contribution in [0, 0.1) is 13.8 Å². The van der Waals surface area contributed by atoms with Crippen LogP contribution in [-0.4, -0.2) is 33.5 Å². The Hall–Kier alpha value is -1.27. The van der Waals surface area contributed by atoms with Crippen LogP contribution in [-0.2, 0) is 4.74 Å². The number of nitrogens with zero attached hydrogens (tertiary/aromatic N) is 2. The second-order valence-corrected chi connectivity index (χ2v) is 4.28. The van der Waals surface area contributed by atoms with Gasteiger partial charge in [-0.15, -0.1) is 0 Å². The summed E-state index contributed by atoms with van der Waals surface area (Å²) in [5.41, 5.74) is 0.894. The summed E-state index contributed by atoms with van der Waals surface area (Å²) in [5, 5.41) is 8.92. The standard InChI is InChI=1S/C11H15FN2O3/c1-6-4-14(11(16)13-7(6)2)10-9(12)3-8(5-15)17-10/h4,8-10,15H,3,5H2,1-2H3/t8?,9?,10-/m0/s1. The molecule has 2 rings (SSSR count). The molecule has 94 valence electrons. The molecule has 1 N–H and O–H groups in total. The summed E-state index contributed by atoms with van der Waals surface area (Å²) < 4.78 is 20.1. The van der Waals surface area contributed by atoms with Crippen molar-refractivity contribution in [3.8, 4) is 0 Å². The summed E-state index contributed by atoms with van der Waals surface area (Å²) >= 11 is 0. The summed E-state index contributed by atoms with van der Waals surface area (Å²) in [7, 11) is 0. The Morgan fingerprint density at radius 1 is 1.65 bits per heavy atom. The van der Waals surface area contributed by atoms with E-state index in [1.807, 2.05) is 0 Å². The van der Waals surface area contributed by atoms with E-state index in [1.165, 1.54) is 0 Å². The number of aromatic nitrogens is 2. The Bertz CT molecular complexity index is 474. The number of alkyl halides is 1. The lowest BCUT2D eigenvalue weighted by molar-refractivity contribution is -0.0394. The van der Waals surface area contributed by atoms with Crippen molar-refractivity contribution in [1.29, 1.82) is 0 Å². The molecule has 2 unspecified atom stereocenters. The van der Waals surface area contributed by atoms with Crippen LogP contribution in [0.2, 0.25) is 0 Å². The molecule has 0 radical (unpaired) electrons. The lowest BCUT2D eigenvalue weighted by Gasteiger charge is -2.17. The quantitative estimate of drug-likeness (QED) is 0.819. The zero-order valence-electron chi connectivity index (χ0n) is 9.76. The van der Waals surface area contributed by atoms with Gasteiger partial charge in [-0.1, -0.05) is 0 Å². The third-order valence-corrected chi connectivity index (χ3v) is 2.99. The molecule has 2 heterocycles. The van der Waals surface area contributed by atoms with Crippen molar-refractivity contribution in [2.24, 2.45) is 0 Å². The van der Waals surface area contributed by atoms with E-state index in [0.29, 0.717) is 5.69 Å². The molecule has 1 aromatic heterocycles. The van der Waals surface area contributed by atoms with E-state index in [9.17, 15) is 9.18 Å². The normalized spacial score (nSPS) is 28.6. The zero-order valence-corrected chi connectivity index (χ0v) is 9.76. The molecule has 0 spiro atoms. The van der Waals surface area contributed by atoms with E-state index in [-0.39, 0.29) is 13.0 Å². The van der Waals surface area contributed by atoms with Gasteiger partial charge in [0.25, 0.3) is 0 Å². The van der Waals surface area contributed by atoms with Crippen LogP contribution in [0.15, 0.2) is 11.0 Å². The van der Waals surface area contributed by atoms with E-state index < -0.39 is 24.2 Å². The fourth-order valence-corrected chi connectivity index (χ4v) is 1.89. The van der Waals surface area contributed by atoms with Crippen molar-refractivity contribution in [2.75, 3.05) is 6.61 Å². The predicted octanol–water partition coefficient (Wildman–Crippen LogP) is 0.478. The number of ether oxygens (including phenoxy) is 1. The maximum absolute atomic E-state index is 13.7. The van der Waals surface area contributed by atoms with Gasteiger partial charge in [0.2, 0.25) is 0 Å². The maximum atomic E-state index is 13.7. The zero-order chi connectivity index (χ0) is 12.6. The molecule has 1 aliphatic rings. The number of halogens is 1. The largest absolute Gasteiger partial charge is 0.394 e. The number of hydrogen-bond acceptors (Lipinski definition) is 4. The molecule has 0 aliphatic carbocycles. The van der Waals surface area contributed by atoms with Crippen LogP contribution in [0.1, 0.15) is 23.9 Å².